The third-order valence-electron chi connectivity index (χ3n) is 4.44. The van der Waals surface area contributed by atoms with Crippen molar-refractivity contribution in [1.82, 2.24) is 9.97 Å². The lowest BCUT2D eigenvalue weighted by atomic mass is 10.2. The van der Waals surface area contributed by atoms with E-state index >= 15 is 0 Å². The van der Waals surface area contributed by atoms with Crippen LogP contribution in [0.4, 0.5) is 4.39 Å². The monoisotopic (exact) mass is 408 g/mol. The van der Waals surface area contributed by atoms with Gasteiger partial charge in [0.2, 0.25) is 0 Å². The standard InChI is InChI=1S/C18H17FN2O2S3/c19-12-5-7-13(8-6-12)26(22,23)10-2-9-24-17-16-14-3-1-4-15(14)25-18(16)21-11-20-17/h5-8,11H,1-4,9-10H2. The number of halogens is 1. The van der Waals surface area contributed by atoms with Gasteiger partial charge in [-0.05, 0) is 55.5 Å². The fraction of sp³-hybridized carbons (Fsp3) is 0.333. The summed E-state index contributed by atoms with van der Waals surface area (Å²) < 4.78 is 37.6. The van der Waals surface area contributed by atoms with Crippen LogP contribution in [0.3, 0.4) is 0 Å². The maximum absolute atomic E-state index is 13.0. The van der Waals surface area contributed by atoms with Gasteiger partial charge >= 0.3 is 0 Å². The van der Waals surface area contributed by atoms with Crippen LogP contribution >= 0.6 is 23.1 Å². The van der Waals surface area contributed by atoms with Gasteiger partial charge in [0.1, 0.15) is 22.0 Å². The van der Waals surface area contributed by atoms with Gasteiger partial charge in [-0.2, -0.15) is 0 Å². The van der Waals surface area contributed by atoms with Crippen LogP contribution in [0.1, 0.15) is 23.3 Å². The molecule has 2 aromatic heterocycles. The van der Waals surface area contributed by atoms with Crippen molar-refractivity contribution in [3.8, 4) is 0 Å². The number of thiophene rings is 1. The second-order valence-corrected chi connectivity index (χ2v) is 10.5. The van der Waals surface area contributed by atoms with Crippen LogP contribution < -0.4 is 0 Å². The first-order valence-electron chi connectivity index (χ1n) is 8.41. The van der Waals surface area contributed by atoms with Crippen LogP contribution in [0.2, 0.25) is 0 Å². The van der Waals surface area contributed by atoms with E-state index in [1.54, 1.807) is 29.4 Å². The largest absolute Gasteiger partial charge is 0.229 e. The smallest absolute Gasteiger partial charge is 0.178 e. The molecule has 2 heterocycles. The van der Waals surface area contributed by atoms with E-state index in [1.165, 1.54) is 41.1 Å². The average molecular weight is 409 g/mol. The zero-order valence-corrected chi connectivity index (χ0v) is 16.4. The minimum atomic E-state index is -3.38. The van der Waals surface area contributed by atoms with Gasteiger partial charge in [-0.15, -0.1) is 23.1 Å². The summed E-state index contributed by atoms with van der Waals surface area (Å²) in [5.74, 6) is 0.272. The highest BCUT2D eigenvalue weighted by Gasteiger charge is 2.21. The van der Waals surface area contributed by atoms with E-state index < -0.39 is 15.7 Å². The molecule has 0 radical (unpaired) electrons. The molecule has 136 valence electrons. The number of aromatic nitrogens is 2. The molecule has 0 unspecified atom stereocenters. The van der Waals surface area contributed by atoms with Crippen molar-refractivity contribution in [2.45, 2.75) is 35.6 Å². The summed E-state index contributed by atoms with van der Waals surface area (Å²) in [6.07, 6.45) is 5.49. The van der Waals surface area contributed by atoms with E-state index in [0.717, 1.165) is 28.1 Å². The Labute approximate surface area is 159 Å². The highest BCUT2D eigenvalue weighted by molar-refractivity contribution is 7.99. The molecular formula is C18H17FN2O2S3. The third kappa shape index (κ3) is 3.50. The Bertz CT molecular complexity index is 1050. The Hall–Kier alpha value is -1.51. The predicted molar refractivity (Wildman–Crippen MR) is 103 cm³/mol. The van der Waals surface area contributed by atoms with Crippen molar-refractivity contribution in [3.63, 3.8) is 0 Å². The molecule has 0 aliphatic heterocycles. The molecule has 4 rings (SSSR count). The first kappa shape index (κ1) is 17.9. The molecule has 0 fully saturated rings. The van der Waals surface area contributed by atoms with Crippen molar-refractivity contribution in [2.75, 3.05) is 11.5 Å². The first-order valence-corrected chi connectivity index (χ1v) is 11.9. The zero-order chi connectivity index (χ0) is 18.1. The summed E-state index contributed by atoms with van der Waals surface area (Å²) in [5.41, 5.74) is 1.38. The number of hydrogen-bond donors (Lipinski definition) is 0. The Kier molecular flexibility index (Phi) is 4.98. The SMILES string of the molecule is O=S(=O)(CCCSc1ncnc2sc3c(c12)CCC3)c1ccc(F)cc1. The maximum atomic E-state index is 13.0. The van der Waals surface area contributed by atoms with Gasteiger partial charge in [0.25, 0.3) is 0 Å². The van der Waals surface area contributed by atoms with Crippen LogP contribution in [0.5, 0.6) is 0 Å². The number of fused-ring (bicyclic) bond motifs is 3. The summed E-state index contributed by atoms with van der Waals surface area (Å²) in [6.45, 7) is 0. The van der Waals surface area contributed by atoms with Crippen molar-refractivity contribution >= 4 is 43.2 Å². The first-order chi connectivity index (χ1) is 12.5. The fourth-order valence-corrected chi connectivity index (χ4v) is 6.94. The second-order valence-electron chi connectivity index (χ2n) is 6.19. The molecule has 1 aromatic carbocycles. The molecule has 0 spiro atoms. The van der Waals surface area contributed by atoms with Crippen molar-refractivity contribution in [3.05, 3.63) is 46.9 Å². The number of hydrogen-bond acceptors (Lipinski definition) is 6. The number of rotatable bonds is 6. The van der Waals surface area contributed by atoms with E-state index in [9.17, 15) is 12.8 Å². The summed E-state index contributed by atoms with van der Waals surface area (Å²) in [7, 11) is -3.38. The maximum Gasteiger partial charge on any atom is 0.178 e. The lowest BCUT2D eigenvalue weighted by Gasteiger charge is -2.06. The minimum absolute atomic E-state index is 0.0433. The summed E-state index contributed by atoms with van der Waals surface area (Å²) in [5, 5.41) is 2.12. The molecule has 3 aromatic rings. The van der Waals surface area contributed by atoms with Crippen molar-refractivity contribution in [2.24, 2.45) is 0 Å². The molecule has 4 nitrogen and oxygen atoms in total. The number of nitrogens with zero attached hydrogens (tertiary/aromatic N) is 2. The van der Waals surface area contributed by atoms with Gasteiger partial charge in [-0.1, -0.05) is 0 Å². The summed E-state index contributed by atoms with van der Waals surface area (Å²) in [4.78, 5) is 11.4. The average Bonchev–Trinajstić information content (AvgIpc) is 3.20. The highest BCUT2D eigenvalue weighted by Crippen LogP contribution is 2.40. The van der Waals surface area contributed by atoms with Crippen molar-refractivity contribution in [1.29, 1.82) is 0 Å². The number of thioether (sulfide) groups is 1. The van der Waals surface area contributed by atoms with E-state index in [-0.39, 0.29) is 10.6 Å². The summed E-state index contributed by atoms with van der Waals surface area (Å²) in [6, 6.07) is 4.99. The number of benzene rings is 1. The second kappa shape index (κ2) is 7.25. The normalized spacial score (nSPS) is 14.0. The van der Waals surface area contributed by atoms with Gasteiger partial charge in [-0.3, -0.25) is 0 Å². The molecule has 26 heavy (non-hydrogen) atoms. The molecule has 0 saturated carbocycles. The zero-order valence-electron chi connectivity index (χ0n) is 13.9. The number of aryl methyl sites for hydroxylation is 2. The Morgan fingerprint density at radius 3 is 2.77 bits per heavy atom. The summed E-state index contributed by atoms with van der Waals surface area (Å²) >= 11 is 3.34. The molecule has 1 aliphatic rings. The van der Waals surface area contributed by atoms with Gasteiger partial charge in [0, 0.05) is 16.0 Å². The van der Waals surface area contributed by atoms with Crippen LogP contribution in [-0.2, 0) is 22.7 Å². The molecule has 0 amide bonds. The number of sulfone groups is 1. The van der Waals surface area contributed by atoms with E-state index in [0.29, 0.717) is 12.2 Å². The van der Waals surface area contributed by atoms with Gasteiger partial charge < -0.3 is 0 Å². The lowest BCUT2D eigenvalue weighted by molar-refractivity contribution is 0.593. The Morgan fingerprint density at radius 1 is 1.15 bits per heavy atom. The van der Waals surface area contributed by atoms with Crippen molar-refractivity contribution < 1.29 is 12.8 Å². The minimum Gasteiger partial charge on any atom is -0.229 e. The van der Waals surface area contributed by atoms with Gasteiger partial charge in [0.05, 0.1) is 10.6 Å². The van der Waals surface area contributed by atoms with Gasteiger partial charge in [-0.25, -0.2) is 22.8 Å². The molecule has 8 heteroatoms. The molecule has 0 bridgehead atoms. The fourth-order valence-electron chi connectivity index (χ4n) is 3.19. The topological polar surface area (TPSA) is 59.9 Å². The molecule has 0 atom stereocenters. The molecule has 0 saturated heterocycles. The lowest BCUT2D eigenvalue weighted by Crippen LogP contribution is -2.07. The van der Waals surface area contributed by atoms with Crippen LogP contribution in [0.25, 0.3) is 10.2 Å². The quantitative estimate of drug-likeness (QED) is 0.264. The molecular weight excluding hydrogens is 391 g/mol. The van der Waals surface area contributed by atoms with Gasteiger partial charge in [0.15, 0.2) is 9.84 Å². The Balaban J connectivity index is 1.42. The van der Waals surface area contributed by atoms with Crippen LogP contribution in [-0.4, -0.2) is 29.9 Å². The molecule has 0 N–H and O–H groups in total. The van der Waals surface area contributed by atoms with Crippen LogP contribution in [0, 0.1) is 5.82 Å². The van der Waals surface area contributed by atoms with E-state index in [2.05, 4.69) is 9.97 Å². The highest BCUT2D eigenvalue weighted by atomic mass is 32.2. The van der Waals surface area contributed by atoms with Crippen LogP contribution in [0.15, 0.2) is 40.5 Å². The van der Waals surface area contributed by atoms with E-state index in [4.69, 9.17) is 0 Å². The molecule has 1 aliphatic carbocycles. The predicted octanol–water partition coefficient (Wildman–Crippen LogP) is 4.28. The third-order valence-corrected chi connectivity index (χ3v) is 8.53. The Morgan fingerprint density at radius 2 is 1.96 bits per heavy atom. The van der Waals surface area contributed by atoms with E-state index in [1.807, 2.05) is 0 Å².